The number of hydrogen-bond donors (Lipinski definition) is 1. The van der Waals surface area contributed by atoms with E-state index in [9.17, 15) is 13.2 Å². The van der Waals surface area contributed by atoms with Gasteiger partial charge in [-0.1, -0.05) is 40.9 Å². The van der Waals surface area contributed by atoms with E-state index in [1.165, 1.54) is 25.1 Å². The Morgan fingerprint density at radius 2 is 1.72 bits per heavy atom. The molecule has 0 spiro atoms. The minimum Gasteiger partial charge on any atom is -0.324 e. The molecule has 9 heteroatoms. The molecule has 134 valence electrons. The molecule has 0 saturated heterocycles. The average Bonchev–Trinajstić information content (AvgIpc) is 2.49. The highest BCUT2D eigenvalue weighted by Gasteiger charge is 2.30. The first-order valence-electron chi connectivity index (χ1n) is 7.10. The molecule has 5 nitrogen and oxygen atoms in total. The Balaban J connectivity index is 2.38. The zero-order valence-corrected chi connectivity index (χ0v) is 16.4. The summed E-state index contributed by atoms with van der Waals surface area (Å²) in [6.07, 6.45) is 0.993. The maximum Gasteiger partial charge on any atom is 0.247 e. The minimum atomic E-state index is -3.80. The van der Waals surface area contributed by atoms with Crippen LogP contribution in [0.4, 0.5) is 11.4 Å². The van der Waals surface area contributed by atoms with Gasteiger partial charge < -0.3 is 5.32 Å². The van der Waals surface area contributed by atoms with Gasteiger partial charge in [0.1, 0.15) is 6.04 Å². The second-order valence-corrected chi connectivity index (χ2v) is 8.47. The van der Waals surface area contributed by atoms with E-state index in [4.69, 9.17) is 34.8 Å². The third kappa shape index (κ3) is 5.01. The summed E-state index contributed by atoms with van der Waals surface area (Å²) in [5.74, 6) is -0.538. The van der Waals surface area contributed by atoms with Crippen molar-refractivity contribution in [3.63, 3.8) is 0 Å². The van der Waals surface area contributed by atoms with Crippen molar-refractivity contribution in [2.24, 2.45) is 0 Å². The maximum absolute atomic E-state index is 12.5. The Morgan fingerprint density at radius 3 is 2.32 bits per heavy atom. The lowest BCUT2D eigenvalue weighted by atomic mass is 10.2. The van der Waals surface area contributed by atoms with Crippen molar-refractivity contribution in [1.82, 2.24) is 0 Å². The normalized spacial score (nSPS) is 12.5. The van der Waals surface area contributed by atoms with Gasteiger partial charge in [0.25, 0.3) is 0 Å². The number of nitrogens with zero attached hydrogens (tertiary/aromatic N) is 1. The van der Waals surface area contributed by atoms with E-state index in [1.54, 1.807) is 24.3 Å². The third-order valence-electron chi connectivity index (χ3n) is 3.33. The topological polar surface area (TPSA) is 66.5 Å². The highest BCUT2D eigenvalue weighted by Crippen LogP contribution is 2.32. The maximum atomic E-state index is 12.5. The van der Waals surface area contributed by atoms with Gasteiger partial charge in [0, 0.05) is 15.7 Å². The zero-order chi connectivity index (χ0) is 18.8. The first kappa shape index (κ1) is 19.8. The molecule has 2 rings (SSSR count). The summed E-state index contributed by atoms with van der Waals surface area (Å²) in [6.45, 7) is 1.46. The van der Waals surface area contributed by atoms with E-state index in [2.05, 4.69) is 5.32 Å². The van der Waals surface area contributed by atoms with Crippen LogP contribution in [-0.2, 0) is 14.8 Å². The van der Waals surface area contributed by atoms with Crippen molar-refractivity contribution in [2.75, 3.05) is 15.9 Å². The summed E-state index contributed by atoms with van der Waals surface area (Å²) in [6, 6.07) is 9.87. The van der Waals surface area contributed by atoms with Crippen LogP contribution in [0.2, 0.25) is 15.1 Å². The predicted molar refractivity (Wildman–Crippen MR) is 103 cm³/mol. The second kappa shape index (κ2) is 7.83. The van der Waals surface area contributed by atoms with E-state index in [1.807, 2.05) is 0 Å². The Morgan fingerprint density at radius 1 is 1.08 bits per heavy atom. The van der Waals surface area contributed by atoms with Crippen LogP contribution < -0.4 is 9.62 Å². The number of carbonyl (C=O) groups is 1. The highest BCUT2D eigenvalue weighted by molar-refractivity contribution is 7.92. The van der Waals surface area contributed by atoms with Gasteiger partial charge in [-0.05, 0) is 43.3 Å². The Labute approximate surface area is 161 Å². The SMILES string of the molecule is C[C@@H](C(=O)Nc1cccc(Cl)c1)N(c1cc(Cl)ccc1Cl)S(C)(=O)=O. The Kier molecular flexibility index (Phi) is 6.21. The molecule has 1 atom stereocenters. The quantitative estimate of drug-likeness (QED) is 0.776. The zero-order valence-electron chi connectivity index (χ0n) is 13.3. The number of anilines is 2. The number of amides is 1. The largest absolute Gasteiger partial charge is 0.324 e. The van der Waals surface area contributed by atoms with Gasteiger partial charge in [-0.15, -0.1) is 0 Å². The van der Waals surface area contributed by atoms with E-state index in [-0.39, 0.29) is 10.7 Å². The number of sulfonamides is 1. The fourth-order valence-electron chi connectivity index (χ4n) is 2.25. The van der Waals surface area contributed by atoms with Crippen LogP contribution in [0.5, 0.6) is 0 Å². The van der Waals surface area contributed by atoms with Crippen molar-refractivity contribution in [3.05, 3.63) is 57.5 Å². The molecule has 0 bridgehead atoms. The molecule has 0 fully saturated rings. The average molecular weight is 422 g/mol. The summed E-state index contributed by atoms with van der Waals surface area (Å²) < 4.78 is 25.5. The van der Waals surface area contributed by atoms with Crippen LogP contribution in [0, 0.1) is 0 Å². The van der Waals surface area contributed by atoms with Gasteiger partial charge in [-0.3, -0.25) is 9.10 Å². The summed E-state index contributed by atoms with van der Waals surface area (Å²) in [4.78, 5) is 12.5. The number of carbonyl (C=O) groups excluding carboxylic acids is 1. The van der Waals surface area contributed by atoms with Crippen LogP contribution in [0.15, 0.2) is 42.5 Å². The molecule has 0 aromatic heterocycles. The van der Waals surface area contributed by atoms with Gasteiger partial charge in [0.15, 0.2) is 0 Å². The molecular formula is C16H15Cl3N2O3S. The van der Waals surface area contributed by atoms with Crippen LogP contribution in [-0.4, -0.2) is 26.6 Å². The number of benzene rings is 2. The fourth-order valence-corrected chi connectivity index (χ4v) is 4.04. The van der Waals surface area contributed by atoms with Crippen molar-refractivity contribution in [2.45, 2.75) is 13.0 Å². The number of rotatable bonds is 5. The lowest BCUT2D eigenvalue weighted by molar-refractivity contribution is -0.116. The summed E-state index contributed by atoms with van der Waals surface area (Å²) in [5, 5.41) is 3.55. The summed E-state index contributed by atoms with van der Waals surface area (Å²) in [7, 11) is -3.80. The van der Waals surface area contributed by atoms with Crippen LogP contribution in [0.3, 0.4) is 0 Å². The van der Waals surface area contributed by atoms with Crippen molar-refractivity contribution in [1.29, 1.82) is 0 Å². The van der Waals surface area contributed by atoms with Gasteiger partial charge >= 0.3 is 0 Å². The first-order valence-corrected chi connectivity index (χ1v) is 10.1. The lowest BCUT2D eigenvalue weighted by Gasteiger charge is -2.29. The summed E-state index contributed by atoms with van der Waals surface area (Å²) >= 11 is 17.9. The molecule has 1 N–H and O–H groups in total. The highest BCUT2D eigenvalue weighted by atomic mass is 35.5. The molecule has 0 heterocycles. The predicted octanol–water partition coefficient (Wildman–Crippen LogP) is 4.44. The Bertz CT molecular complexity index is 903. The molecule has 2 aromatic carbocycles. The molecule has 2 aromatic rings. The molecular weight excluding hydrogens is 407 g/mol. The van der Waals surface area contributed by atoms with E-state index in [0.717, 1.165) is 10.6 Å². The number of nitrogens with one attached hydrogen (secondary N) is 1. The minimum absolute atomic E-state index is 0.130. The smallest absolute Gasteiger partial charge is 0.247 e. The molecule has 0 radical (unpaired) electrons. The molecule has 0 aliphatic rings. The third-order valence-corrected chi connectivity index (χ3v) is 5.34. The summed E-state index contributed by atoms with van der Waals surface area (Å²) in [5.41, 5.74) is 0.584. The van der Waals surface area contributed by atoms with Gasteiger partial charge in [-0.25, -0.2) is 8.42 Å². The van der Waals surface area contributed by atoms with Crippen molar-refractivity contribution < 1.29 is 13.2 Å². The molecule has 0 aliphatic carbocycles. The molecule has 1 amide bonds. The molecule has 25 heavy (non-hydrogen) atoms. The second-order valence-electron chi connectivity index (χ2n) is 5.33. The monoisotopic (exact) mass is 420 g/mol. The fraction of sp³-hybridized carbons (Fsp3) is 0.188. The number of hydrogen-bond acceptors (Lipinski definition) is 3. The molecule has 0 unspecified atom stereocenters. The molecule has 0 aliphatic heterocycles. The lowest BCUT2D eigenvalue weighted by Crippen LogP contribution is -2.45. The van der Waals surface area contributed by atoms with Crippen LogP contribution in [0.1, 0.15) is 6.92 Å². The first-order chi connectivity index (χ1) is 11.6. The number of halogens is 3. The van der Waals surface area contributed by atoms with Gasteiger partial charge in [0.2, 0.25) is 15.9 Å². The van der Waals surface area contributed by atoms with Gasteiger partial charge in [-0.2, -0.15) is 0 Å². The van der Waals surface area contributed by atoms with E-state index < -0.39 is 22.0 Å². The van der Waals surface area contributed by atoms with Gasteiger partial charge in [0.05, 0.1) is 17.0 Å². The van der Waals surface area contributed by atoms with E-state index >= 15 is 0 Å². The van der Waals surface area contributed by atoms with Crippen LogP contribution >= 0.6 is 34.8 Å². The van der Waals surface area contributed by atoms with Crippen molar-refractivity contribution >= 4 is 62.1 Å². The standard InChI is InChI=1S/C16H15Cl3N2O3S/c1-10(16(22)20-13-5-3-4-11(17)8-13)21(25(2,23)24)15-9-12(18)6-7-14(15)19/h3-10H,1-2H3,(H,20,22)/t10-/m0/s1. The van der Waals surface area contributed by atoms with E-state index in [0.29, 0.717) is 15.7 Å². The Hall–Kier alpha value is -1.47. The molecule has 0 saturated carbocycles. The van der Waals surface area contributed by atoms with Crippen molar-refractivity contribution in [3.8, 4) is 0 Å². The van der Waals surface area contributed by atoms with Crippen LogP contribution in [0.25, 0.3) is 0 Å².